The van der Waals surface area contributed by atoms with Crippen molar-refractivity contribution in [2.45, 2.75) is 30.9 Å². The maximum absolute atomic E-state index is 13.6. The van der Waals surface area contributed by atoms with Crippen LogP contribution in [0.1, 0.15) is 24.2 Å². The molecule has 1 aliphatic rings. The number of nitrogens with one attached hydrogen (secondary N) is 2. The second-order valence-corrected chi connectivity index (χ2v) is 11.8. The number of hydrogen-bond acceptors (Lipinski definition) is 6. The van der Waals surface area contributed by atoms with Crippen LogP contribution in [0.25, 0.3) is 0 Å². The molecular formula is C29H33FN4O6S. The van der Waals surface area contributed by atoms with Crippen molar-refractivity contribution in [3.05, 3.63) is 84.2 Å². The topological polar surface area (TPSA) is 128 Å². The zero-order valence-electron chi connectivity index (χ0n) is 23.0. The van der Waals surface area contributed by atoms with E-state index in [1.165, 1.54) is 28.0 Å². The zero-order chi connectivity index (χ0) is 29.7. The van der Waals surface area contributed by atoms with E-state index in [0.29, 0.717) is 5.69 Å². The monoisotopic (exact) mass is 584 g/mol. The van der Waals surface area contributed by atoms with Crippen LogP contribution in [0.4, 0.5) is 20.6 Å². The Morgan fingerprint density at radius 3 is 2.46 bits per heavy atom. The molecule has 4 rings (SSSR count). The van der Waals surface area contributed by atoms with Crippen LogP contribution >= 0.6 is 0 Å². The summed E-state index contributed by atoms with van der Waals surface area (Å²) in [5, 5.41) is 12.7. The summed E-state index contributed by atoms with van der Waals surface area (Å²) in [6.07, 6.45) is -0.538. The Balaban J connectivity index is 1.62. The van der Waals surface area contributed by atoms with Crippen molar-refractivity contribution in [3.8, 4) is 5.75 Å². The molecule has 1 heterocycles. The van der Waals surface area contributed by atoms with E-state index in [4.69, 9.17) is 4.74 Å². The number of anilines is 2. The largest absolute Gasteiger partial charge is 0.487 e. The van der Waals surface area contributed by atoms with E-state index in [1.54, 1.807) is 26.1 Å². The average Bonchev–Trinajstić information content (AvgIpc) is 2.95. The molecule has 0 spiro atoms. The molecule has 41 heavy (non-hydrogen) atoms. The minimum Gasteiger partial charge on any atom is -0.487 e. The standard InChI is InChI=1S/C29H33FN4O6S/c1-19-16-34(20(2)18-35)28(36)25-15-23(32-41(38,39)24-12-9-21(30)10-13-24)11-14-26(25)40-27(19)17-33(3)29(37)31-22-7-5-4-6-8-22/h4-15,19-20,27,32,35H,16-18H2,1-3H3,(H,31,37)/t19-,20+,27+/m0/s1. The highest BCUT2D eigenvalue weighted by Crippen LogP contribution is 2.31. The van der Waals surface area contributed by atoms with Gasteiger partial charge >= 0.3 is 6.03 Å². The first kappa shape index (κ1) is 29.8. The Morgan fingerprint density at radius 1 is 1.12 bits per heavy atom. The van der Waals surface area contributed by atoms with E-state index >= 15 is 0 Å². The second kappa shape index (κ2) is 12.6. The fourth-order valence-corrected chi connectivity index (χ4v) is 5.47. The zero-order valence-corrected chi connectivity index (χ0v) is 23.8. The number of likely N-dealkylation sites (N-methyl/N-ethyl adjacent to an activating group) is 1. The number of hydrogen-bond donors (Lipinski definition) is 3. The number of benzene rings is 3. The number of ether oxygens (including phenoxy) is 1. The van der Waals surface area contributed by atoms with Crippen molar-refractivity contribution in [3.63, 3.8) is 0 Å². The number of sulfonamides is 1. The lowest BCUT2D eigenvalue weighted by atomic mass is 9.99. The van der Waals surface area contributed by atoms with Gasteiger partial charge < -0.3 is 25.0 Å². The molecule has 0 radical (unpaired) electrons. The van der Waals surface area contributed by atoms with Gasteiger partial charge in [-0.2, -0.15) is 0 Å². The van der Waals surface area contributed by atoms with Crippen LogP contribution in [-0.4, -0.2) is 74.2 Å². The summed E-state index contributed by atoms with van der Waals surface area (Å²) in [5.74, 6) is -1.03. The summed E-state index contributed by atoms with van der Waals surface area (Å²) in [6, 6.07) is 16.8. The summed E-state index contributed by atoms with van der Waals surface area (Å²) in [7, 11) is -2.43. The number of nitrogens with zero attached hydrogens (tertiary/aromatic N) is 2. The van der Waals surface area contributed by atoms with Gasteiger partial charge in [-0.1, -0.05) is 25.1 Å². The quantitative estimate of drug-likeness (QED) is 0.367. The lowest BCUT2D eigenvalue weighted by Gasteiger charge is -2.38. The molecule has 3 atom stereocenters. The molecule has 3 aromatic rings. The first-order chi connectivity index (χ1) is 19.5. The minimum atomic E-state index is -4.07. The fourth-order valence-electron chi connectivity index (χ4n) is 4.42. The van der Waals surface area contributed by atoms with E-state index in [2.05, 4.69) is 10.0 Å². The van der Waals surface area contributed by atoms with Gasteiger partial charge in [0.1, 0.15) is 17.7 Å². The fraction of sp³-hybridized carbons (Fsp3) is 0.310. The molecular weight excluding hydrogens is 551 g/mol. The van der Waals surface area contributed by atoms with E-state index < -0.39 is 33.9 Å². The number of halogens is 1. The molecule has 0 saturated heterocycles. The van der Waals surface area contributed by atoms with Crippen molar-refractivity contribution >= 4 is 33.3 Å². The van der Waals surface area contributed by atoms with Gasteiger partial charge in [-0.15, -0.1) is 0 Å². The Labute approximate surface area is 238 Å². The van der Waals surface area contributed by atoms with Gasteiger partial charge in [0, 0.05) is 30.9 Å². The van der Waals surface area contributed by atoms with Crippen molar-refractivity contribution in [1.29, 1.82) is 0 Å². The van der Waals surface area contributed by atoms with Crippen LogP contribution in [0.5, 0.6) is 5.75 Å². The molecule has 0 unspecified atom stereocenters. The predicted molar refractivity (Wildman–Crippen MR) is 153 cm³/mol. The number of aliphatic hydroxyl groups excluding tert-OH is 1. The lowest BCUT2D eigenvalue weighted by Crippen LogP contribution is -2.50. The van der Waals surface area contributed by atoms with Crippen LogP contribution in [0, 0.1) is 11.7 Å². The van der Waals surface area contributed by atoms with Crippen LogP contribution < -0.4 is 14.8 Å². The highest BCUT2D eigenvalue weighted by molar-refractivity contribution is 7.92. The molecule has 218 valence electrons. The molecule has 3 amide bonds. The third-order valence-corrected chi connectivity index (χ3v) is 8.26. The maximum atomic E-state index is 13.6. The Morgan fingerprint density at radius 2 is 1.80 bits per heavy atom. The Bertz CT molecular complexity index is 1490. The third-order valence-electron chi connectivity index (χ3n) is 6.87. The summed E-state index contributed by atoms with van der Waals surface area (Å²) in [5.41, 5.74) is 0.842. The SMILES string of the molecule is C[C@H](CO)N1C[C@H](C)[C@@H](CN(C)C(=O)Nc2ccccc2)Oc2ccc(NS(=O)(=O)c3ccc(F)cc3)cc2C1=O. The normalized spacial score (nSPS) is 17.9. The number of rotatable bonds is 8. The number of amides is 3. The van der Waals surface area contributed by atoms with Crippen LogP contribution in [0.2, 0.25) is 0 Å². The summed E-state index contributed by atoms with van der Waals surface area (Å²) in [4.78, 5) is 29.4. The number of aliphatic hydroxyl groups is 1. The number of para-hydroxylation sites is 1. The van der Waals surface area contributed by atoms with E-state index in [1.807, 2.05) is 25.1 Å². The van der Waals surface area contributed by atoms with Crippen molar-refractivity contribution in [2.75, 3.05) is 36.8 Å². The van der Waals surface area contributed by atoms with Crippen molar-refractivity contribution in [1.82, 2.24) is 9.80 Å². The smallest absolute Gasteiger partial charge is 0.321 e. The first-order valence-electron chi connectivity index (χ1n) is 13.1. The number of fused-ring (bicyclic) bond motifs is 1. The van der Waals surface area contributed by atoms with Gasteiger partial charge in [0.25, 0.3) is 15.9 Å². The molecule has 12 heteroatoms. The van der Waals surface area contributed by atoms with Crippen molar-refractivity contribution < 1.29 is 32.2 Å². The lowest BCUT2D eigenvalue weighted by molar-refractivity contribution is 0.0371. The second-order valence-electron chi connectivity index (χ2n) is 10.1. The Kier molecular flexibility index (Phi) is 9.14. The molecule has 3 aromatic carbocycles. The van der Waals surface area contributed by atoms with Crippen LogP contribution in [0.3, 0.4) is 0 Å². The average molecular weight is 585 g/mol. The van der Waals surface area contributed by atoms with Gasteiger partial charge in [-0.05, 0) is 61.5 Å². The van der Waals surface area contributed by atoms with Crippen molar-refractivity contribution in [2.24, 2.45) is 5.92 Å². The summed E-state index contributed by atoms with van der Waals surface area (Å²) in [6.45, 7) is 3.74. The highest BCUT2D eigenvalue weighted by Gasteiger charge is 2.34. The number of urea groups is 1. The van der Waals surface area contributed by atoms with Gasteiger partial charge in [0.2, 0.25) is 0 Å². The third kappa shape index (κ3) is 7.14. The molecule has 0 fully saturated rings. The highest BCUT2D eigenvalue weighted by atomic mass is 32.2. The van der Waals surface area contributed by atoms with Gasteiger partial charge in [-0.25, -0.2) is 17.6 Å². The predicted octanol–water partition coefficient (Wildman–Crippen LogP) is 4.01. The maximum Gasteiger partial charge on any atom is 0.321 e. The molecule has 0 aliphatic carbocycles. The first-order valence-corrected chi connectivity index (χ1v) is 14.5. The number of carbonyl (C=O) groups is 2. The van der Waals surface area contributed by atoms with E-state index in [0.717, 1.165) is 24.3 Å². The molecule has 10 nitrogen and oxygen atoms in total. The molecule has 0 aromatic heterocycles. The summed E-state index contributed by atoms with van der Waals surface area (Å²) >= 11 is 0. The molecule has 1 aliphatic heterocycles. The Hall–Kier alpha value is -4.16. The minimum absolute atomic E-state index is 0.0953. The van der Waals surface area contributed by atoms with Crippen LogP contribution in [0.15, 0.2) is 77.7 Å². The molecule has 0 saturated carbocycles. The van der Waals surface area contributed by atoms with Crippen LogP contribution in [-0.2, 0) is 10.0 Å². The summed E-state index contributed by atoms with van der Waals surface area (Å²) < 4.78 is 47.8. The number of carbonyl (C=O) groups excluding carboxylic acids is 2. The van der Waals surface area contributed by atoms with Gasteiger partial charge in [-0.3, -0.25) is 9.52 Å². The van der Waals surface area contributed by atoms with E-state index in [-0.39, 0.29) is 53.5 Å². The van der Waals surface area contributed by atoms with Gasteiger partial charge in [0.15, 0.2) is 0 Å². The van der Waals surface area contributed by atoms with Gasteiger partial charge in [0.05, 0.1) is 29.7 Å². The molecule has 3 N–H and O–H groups in total. The molecule has 0 bridgehead atoms. The van der Waals surface area contributed by atoms with E-state index in [9.17, 15) is 27.5 Å².